The Hall–Kier alpha value is -2.41. The van der Waals surface area contributed by atoms with Gasteiger partial charge in [0.2, 0.25) is 11.8 Å². The molecule has 1 aromatic carbocycles. The molecule has 2 N–H and O–H groups in total. The third-order valence-corrected chi connectivity index (χ3v) is 3.42. The van der Waals surface area contributed by atoms with E-state index in [1.54, 1.807) is 19.9 Å². The number of nitrogens with zero attached hydrogens (tertiary/aromatic N) is 3. The third-order valence-electron chi connectivity index (χ3n) is 3.05. The van der Waals surface area contributed by atoms with Crippen LogP contribution < -0.4 is 10.6 Å². The lowest BCUT2D eigenvalue weighted by molar-refractivity contribution is -0.122. The molecular weight excluding hydrogens is 318 g/mol. The van der Waals surface area contributed by atoms with Gasteiger partial charge in [-0.25, -0.2) is 4.68 Å². The van der Waals surface area contributed by atoms with Crippen LogP contribution in [0.25, 0.3) is 0 Å². The molecule has 0 saturated heterocycles. The average molecular weight is 336 g/mol. The number of aromatic nitrogens is 3. The highest BCUT2D eigenvalue weighted by atomic mass is 35.5. The first kappa shape index (κ1) is 17.0. The van der Waals surface area contributed by atoms with Crippen LogP contribution in [0, 0.1) is 5.92 Å². The molecule has 122 valence electrons. The zero-order chi connectivity index (χ0) is 16.8. The minimum Gasteiger partial charge on any atom is -0.350 e. The van der Waals surface area contributed by atoms with Crippen molar-refractivity contribution in [3.63, 3.8) is 0 Å². The van der Waals surface area contributed by atoms with Crippen LogP contribution in [-0.2, 0) is 22.7 Å². The van der Waals surface area contributed by atoms with Crippen LogP contribution in [-0.4, -0.2) is 26.8 Å². The summed E-state index contributed by atoms with van der Waals surface area (Å²) >= 11 is 6.03. The van der Waals surface area contributed by atoms with Crippen LogP contribution in [0.4, 0.5) is 5.82 Å². The molecule has 2 aromatic rings. The molecule has 0 saturated carbocycles. The summed E-state index contributed by atoms with van der Waals surface area (Å²) in [7, 11) is 0. The SMILES string of the molecule is CC(C)C(=O)Nc1cn(CC(=O)NCc2ccccc2Cl)nn1. The summed E-state index contributed by atoms with van der Waals surface area (Å²) in [4.78, 5) is 23.5. The van der Waals surface area contributed by atoms with Gasteiger partial charge in [0.1, 0.15) is 6.54 Å². The van der Waals surface area contributed by atoms with E-state index in [0.717, 1.165) is 5.56 Å². The lowest BCUT2D eigenvalue weighted by Crippen LogP contribution is -2.27. The normalized spacial score (nSPS) is 10.6. The second-order valence-corrected chi connectivity index (χ2v) is 5.72. The van der Waals surface area contributed by atoms with Crippen LogP contribution in [0.1, 0.15) is 19.4 Å². The fraction of sp³-hybridized carbons (Fsp3) is 0.333. The molecule has 0 spiro atoms. The van der Waals surface area contributed by atoms with Crippen molar-refractivity contribution in [2.75, 3.05) is 5.32 Å². The Morgan fingerprint density at radius 3 is 2.74 bits per heavy atom. The van der Waals surface area contributed by atoms with Crippen molar-refractivity contribution in [3.05, 3.63) is 41.0 Å². The molecule has 0 aliphatic rings. The summed E-state index contributed by atoms with van der Waals surface area (Å²) in [5.41, 5.74) is 0.839. The molecule has 0 fully saturated rings. The average Bonchev–Trinajstić information content (AvgIpc) is 2.93. The highest BCUT2D eigenvalue weighted by Crippen LogP contribution is 2.14. The maximum atomic E-state index is 11.9. The van der Waals surface area contributed by atoms with E-state index in [1.807, 2.05) is 18.2 Å². The van der Waals surface area contributed by atoms with Gasteiger partial charge in [0.05, 0.1) is 6.20 Å². The van der Waals surface area contributed by atoms with Gasteiger partial charge in [-0.2, -0.15) is 0 Å². The predicted octanol–water partition coefficient (Wildman–Crippen LogP) is 1.84. The second kappa shape index (κ2) is 7.73. The number of hydrogen-bond donors (Lipinski definition) is 2. The maximum absolute atomic E-state index is 11.9. The molecule has 2 amide bonds. The van der Waals surface area contributed by atoms with Gasteiger partial charge in [-0.3, -0.25) is 9.59 Å². The van der Waals surface area contributed by atoms with Crippen molar-refractivity contribution >= 4 is 29.2 Å². The van der Waals surface area contributed by atoms with Gasteiger partial charge in [-0.15, -0.1) is 5.10 Å². The Kier molecular flexibility index (Phi) is 5.70. The van der Waals surface area contributed by atoms with Crippen molar-refractivity contribution in [2.45, 2.75) is 26.9 Å². The summed E-state index contributed by atoms with van der Waals surface area (Å²) < 4.78 is 1.36. The molecule has 0 bridgehead atoms. The first-order valence-corrected chi connectivity index (χ1v) is 7.54. The van der Waals surface area contributed by atoms with Gasteiger partial charge in [-0.05, 0) is 11.6 Å². The van der Waals surface area contributed by atoms with Crippen molar-refractivity contribution < 1.29 is 9.59 Å². The molecule has 8 heteroatoms. The Labute approximate surface area is 139 Å². The number of nitrogens with one attached hydrogen (secondary N) is 2. The first-order valence-electron chi connectivity index (χ1n) is 7.17. The molecule has 0 unspecified atom stereocenters. The molecule has 1 aromatic heterocycles. The fourth-order valence-electron chi connectivity index (χ4n) is 1.74. The summed E-state index contributed by atoms with van der Waals surface area (Å²) in [5, 5.41) is 13.6. The van der Waals surface area contributed by atoms with Crippen LogP contribution in [0.3, 0.4) is 0 Å². The van der Waals surface area contributed by atoms with Crippen LogP contribution in [0.2, 0.25) is 5.02 Å². The Morgan fingerprint density at radius 2 is 2.04 bits per heavy atom. The second-order valence-electron chi connectivity index (χ2n) is 5.31. The number of carbonyl (C=O) groups excluding carboxylic acids is 2. The number of carbonyl (C=O) groups is 2. The van der Waals surface area contributed by atoms with Gasteiger partial charge in [0.25, 0.3) is 0 Å². The molecule has 0 aliphatic heterocycles. The monoisotopic (exact) mass is 335 g/mol. The standard InChI is InChI=1S/C15H18ClN5O2/c1-10(2)15(23)18-13-8-21(20-19-13)9-14(22)17-7-11-5-3-4-6-12(11)16/h3-6,8,10H,7,9H2,1-2H3,(H,17,22)(H,18,23). The van der Waals surface area contributed by atoms with Gasteiger partial charge in [0, 0.05) is 17.5 Å². The van der Waals surface area contributed by atoms with Gasteiger partial charge >= 0.3 is 0 Å². The van der Waals surface area contributed by atoms with Crippen LogP contribution in [0.15, 0.2) is 30.5 Å². The van der Waals surface area contributed by atoms with E-state index in [9.17, 15) is 9.59 Å². The molecule has 7 nitrogen and oxygen atoms in total. The zero-order valence-corrected chi connectivity index (χ0v) is 13.7. The Balaban J connectivity index is 1.85. The molecule has 2 rings (SSSR count). The highest BCUT2D eigenvalue weighted by molar-refractivity contribution is 6.31. The molecule has 1 heterocycles. The molecule has 0 atom stereocenters. The number of halogens is 1. The number of benzene rings is 1. The zero-order valence-electron chi connectivity index (χ0n) is 12.9. The first-order chi connectivity index (χ1) is 11.0. The Bertz CT molecular complexity index is 699. The molecular formula is C15H18ClN5O2. The minimum absolute atomic E-state index is 0.00893. The van der Waals surface area contributed by atoms with E-state index in [4.69, 9.17) is 11.6 Å². The third kappa shape index (κ3) is 5.07. The largest absolute Gasteiger partial charge is 0.350 e. The van der Waals surface area contributed by atoms with Crippen LogP contribution in [0.5, 0.6) is 0 Å². The van der Waals surface area contributed by atoms with Crippen LogP contribution >= 0.6 is 11.6 Å². The quantitative estimate of drug-likeness (QED) is 0.843. The van der Waals surface area contributed by atoms with E-state index in [1.165, 1.54) is 10.9 Å². The van der Waals surface area contributed by atoms with Gasteiger partial charge < -0.3 is 10.6 Å². The van der Waals surface area contributed by atoms with Gasteiger partial charge in [-0.1, -0.05) is 48.9 Å². The van der Waals surface area contributed by atoms with Gasteiger partial charge in [0.15, 0.2) is 5.82 Å². The number of amides is 2. The van der Waals surface area contributed by atoms with E-state index < -0.39 is 0 Å². The van der Waals surface area contributed by atoms with E-state index in [2.05, 4.69) is 20.9 Å². The lowest BCUT2D eigenvalue weighted by Gasteiger charge is -2.06. The van der Waals surface area contributed by atoms with E-state index in [-0.39, 0.29) is 24.3 Å². The molecule has 23 heavy (non-hydrogen) atoms. The summed E-state index contributed by atoms with van der Waals surface area (Å²) in [6, 6.07) is 7.30. The van der Waals surface area contributed by atoms with E-state index in [0.29, 0.717) is 17.4 Å². The van der Waals surface area contributed by atoms with Crippen molar-refractivity contribution in [1.29, 1.82) is 0 Å². The number of rotatable bonds is 6. The molecule has 0 radical (unpaired) electrons. The Morgan fingerprint density at radius 1 is 1.30 bits per heavy atom. The smallest absolute Gasteiger partial charge is 0.242 e. The number of anilines is 1. The fourth-order valence-corrected chi connectivity index (χ4v) is 1.94. The lowest BCUT2D eigenvalue weighted by atomic mass is 10.2. The van der Waals surface area contributed by atoms with Crippen molar-refractivity contribution in [1.82, 2.24) is 20.3 Å². The summed E-state index contributed by atoms with van der Waals surface area (Å²) in [6.07, 6.45) is 1.51. The predicted molar refractivity (Wildman–Crippen MR) is 86.8 cm³/mol. The topological polar surface area (TPSA) is 88.9 Å². The summed E-state index contributed by atoms with van der Waals surface area (Å²) in [6.45, 7) is 3.91. The van der Waals surface area contributed by atoms with E-state index >= 15 is 0 Å². The maximum Gasteiger partial charge on any atom is 0.242 e. The number of hydrogen-bond acceptors (Lipinski definition) is 4. The highest BCUT2D eigenvalue weighted by Gasteiger charge is 2.11. The van der Waals surface area contributed by atoms with Crippen molar-refractivity contribution in [3.8, 4) is 0 Å². The summed E-state index contributed by atoms with van der Waals surface area (Å²) in [5.74, 6) is -0.210. The van der Waals surface area contributed by atoms with Crippen molar-refractivity contribution in [2.24, 2.45) is 5.92 Å². The minimum atomic E-state index is -0.225. The molecule has 0 aliphatic carbocycles.